The third kappa shape index (κ3) is 2.14. The van der Waals surface area contributed by atoms with Crippen LogP contribution >= 0.6 is 34.8 Å². The van der Waals surface area contributed by atoms with E-state index in [1.54, 1.807) is 24.3 Å². The lowest BCUT2D eigenvalue weighted by Crippen LogP contribution is -2.41. The maximum absolute atomic E-state index is 11.5. The zero-order valence-corrected chi connectivity index (χ0v) is 9.60. The Morgan fingerprint density at radius 2 is 1.93 bits per heavy atom. The summed E-state index contributed by atoms with van der Waals surface area (Å²) in [5.74, 6) is -0.499. The molecular formula is C9H6Cl3NO2. The van der Waals surface area contributed by atoms with Crippen molar-refractivity contribution in [2.45, 2.75) is 10.0 Å². The summed E-state index contributed by atoms with van der Waals surface area (Å²) in [5, 5.41) is 2.83. The van der Waals surface area contributed by atoms with Crippen LogP contribution < -0.4 is 5.32 Å². The number of hydrogen-bond acceptors (Lipinski definition) is 3. The van der Waals surface area contributed by atoms with Gasteiger partial charge in [0.1, 0.15) is 0 Å². The Bertz CT molecular complexity index is 403. The van der Waals surface area contributed by atoms with Gasteiger partial charge in [0, 0.05) is 0 Å². The maximum atomic E-state index is 11.5. The van der Waals surface area contributed by atoms with Crippen LogP contribution in [0.5, 0.6) is 0 Å². The van der Waals surface area contributed by atoms with Crippen LogP contribution in [0.3, 0.4) is 0 Å². The minimum absolute atomic E-state index is 0.433. The highest BCUT2D eigenvalue weighted by molar-refractivity contribution is 6.68. The second-order valence-electron chi connectivity index (χ2n) is 3.02. The molecular weight excluding hydrogens is 260 g/mol. The molecule has 0 aromatic heterocycles. The zero-order valence-electron chi connectivity index (χ0n) is 7.34. The monoisotopic (exact) mass is 265 g/mol. The first-order valence-corrected chi connectivity index (χ1v) is 5.25. The van der Waals surface area contributed by atoms with Crippen molar-refractivity contribution in [1.82, 2.24) is 0 Å². The SMILES string of the molecule is O=C1O[C@H](C(Cl)(Cl)Cl)Nc2ccccc21. The first-order valence-electron chi connectivity index (χ1n) is 4.12. The molecule has 1 atom stereocenters. The number of ether oxygens (including phenoxy) is 1. The Hall–Kier alpha value is -0.640. The molecule has 2 rings (SSSR count). The van der Waals surface area contributed by atoms with E-state index in [4.69, 9.17) is 39.5 Å². The largest absolute Gasteiger partial charge is 0.433 e. The summed E-state index contributed by atoms with van der Waals surface area (Å²) in [6.07, 6.45) is -0.968. The second kappa shape index (κ2) is 3.74. The summed E-state index contributed by atoms with van der Waals surface area (Å²) in [7, 11) is 0. The molecule has 1 N–H and O–H groups in total. The lowest BCUT2D eigenvalue weighted by molar-refractivity contribution is 0.0341. The minimum atomic E-state index is -1.69. The molecule has 0 spiro atoms. The van der Waals surface area contributed by atoms with Crippen molar-refractivity contribution in [1.29, 1.82) is 0 Å². The van der Waals surface area contributed by atoms with Crippen LogP contribution in [-0.2, 0) is 4.74 Å². The second-order valence-corrected chi connectivity index (χ2v) is 5.39. The number of benzene rings is 1. The minimum Gasteiger partial charge on any atom is -0.433 e. The van der Waals surface area contributed by atoms with Gasteiger partial charge < -0.3 is 10.1 Å². The van der Waals surface area contributed by atoms with Gasteiger partial charge in [0.2, 0.25) is 10.0 Å². The molecule has 0 amide bonds. The summed E-state index contributed by atoms with van der Waals surface area (Å²) < 4.78 is 3.24. The number of cyclic esters (lactones) is 1. The average Bonchev–Trinajstić information content (AvgIpc) is 2.16. The van der Waals surface area contributed by atoms with Crippen LogP contribution in [0.4, 0.5) is 5.69 Å². The number of hydrogen-bond donors (Lipinski definition) is 1. The van der Waals surface area contributed by atoms with E-state index in [1.165, 1.54) is 0 Å². The Morgan fingerprint density at radius 1 is 1.27 bits per heavy atom. The topological polar surface area (TPSA) is 38.3 Å². The predicted molar refractivity (Wildman–Crippen MR) is 59.6 cm³/mol. The van der Waals surface area contributed by atoms with E-state index in [0.717, 1.165) is 0 Å². The molecule has 0 bridgehead atoms. The van der Waals surface area contributed by atoms with E-state index < -0.39 is 16.0 Å². The van der Waals surface area contributed by atoms with Crippen LogP contribution in [0.2, 0.25) is 0 Å². The number of para-hydroxylation sites is 1. The molecule has 15 heavy (non-hydrogen) atoms. The highest BCUT2D eigenvalue weighted by Gasteiger charge is 2.39. The van der Waals surface area contributed by atoms with Crippen molar-refractivity contribution in [3.63, 3.8) is 0 Å². The number of fused-ring (bicyclic) bond motifs is 1. The number of halogens is 3. The maximum Gasteiger partial charge on any atom is 0.342 e. The molecule has 0 aliphatic carbocycles. The van der Waals surface area contributed by atoms with Crippen molar-refractivity contribution in [3.05, 3.63) is 29.8 Å². The number of carbonyl (C=O) groups excluding carboxylic acids is 1. The van der Waals surface area contributed by atoms with Gasteiger partial charge in [-0.3, -0.25) is 0 Å². The molecule has 0 fully saturated rings. The van der Waals surface area contributed by atoms with Crippen LogP contribution in [0.1, 0.15) is 10.4 Å². The molecule has 1 aromatic carbocycles. The molecule has 1 heterocycles. The number of nitrogens with one attached hydrogen (secondary N) is 1. The summed E-state index contributed by atoms with van der Waals surface area (Å²) in [6, 6.07) is 6.87. The Morgan fingerprint density at radius 3 is 2.60 bits per heavy atom. The lowest BCUT2D eigenvalue weighted by Gasteiger charge is -2.30. The van der Waals surface area contributed by atoms with Crippen molar-refractivity contribution in [2.75, 3.05) is 5.32 Å². The first kappa shape index (κ1) is 10.9. The van der Waals surface area contributed by atoms with Gasteiger partial charge in [-0.05, 0) is 12.1 Å². The standard InChI is InChI=1S/C9H6Cl3NO2/c10-9(11,12)8-13-6-4-2-1-3-5(6)7(14)15-8/h1-4,8,13H/t8-/m1/s1. The van der Waals surface area contributed by atoms with Crippen molar-refractivity contribution in [2.24, 2.45) is 0 Å². The third-order valence-electron chi connectivity index (χ3n) is 1.96. The summed E-state index contributed by atoms with van der Waals surface area (Å²) in [4.78, 5) is 11.5. The van der Waals surface area contributed by atoms with E-state index >= 15 is 0 Å². The Labute approximate surface area is 101 Å². The molecule has 6 heteroatoms. The van der Waals surface area contributed by atoms with E-state index in [-0.39, 0.29) is 0 Å². The fourth-order valence-electron chi connectivity index (χ4n) is 1.28. The normalized spacial score (nSPS) is 20.2. The van der Waals surface area contributed by atoms with Gasteiger partial charge in [0.15, 0.2) is 0 Å². The number of anilines is 1. The zero-order chi connectivity index (χ0) is 11.1. The molecule has 0 radical (unpaired) electrons. The van der Waals surface area contributed by atoms with E-state index in [1.807, 2.05) is 0 Å². The molecule has 1 aliphatic rings. The number of esters is 1. The predicted octanol–water partition coefficient (Wildman–Crippen LogP) is 2.97. The average molecular weight is 267 g/mol. The number of alkyl halides is 3. The van der Waals surface area contributed by atoms with Crippen LogP contribution in [0.25, 0.3) is 0 Å². The molecule has 0 saturated carbocycles. The molecule has 3 nitrogen and oxygen atoms in total. The Balaban J connectivity index is 2.35. The molecule has 0 saturated heterocycles. The van der Waals surface area contributed by atoms with Gasteiger partial charge in [0.25, 0.3) is 0 Å². The third-order valence-corrected chi connectivity index (χ3v) is 2.55. The molecule has 0 unspecified atom stereocenters. The van der Waals surface area contributed by atoms with Gasteiger partial charge in [0.05, 0.1) is 11.3 Å². The number of rotatable bonds is 0. The van der Waals surface area contributed by atoms with Gasteiger partial charge in [-0.1, -0.05) is 46.9 Å². The van der Waals surface area contributed by atoms with Gasteiger partial charge >= 0.3 is 5.97 Å². The van der Waals surface area contributed by atoms with Crippen LogP contribution in [-0.4, -0.2) is 16.0 Å². The van der Waals surface area contributed by atoms with Crippen molar-refractivity contribution in [3.8, 4) is 0 Å². The van der Waals surface area contributed by atoms with Crippen molar-refractivity contribution >= 4 is 46.5 Å². The fraction of sp³-hybridized carbons (Fsp3) is 0.222. The highest BCUT2D eigenvalue weighted by atomic mass is 35.6. The molecule has 80 valence electrons. The Kier molecular flexibility index (Phi) is 2.71. The molecule has 1 aromatic rings. The molecule has 1 aliphatic heterocycles. The lowest BCUT2D eigenvalue weighted by atomic mass is 10.1. The summed E-state index contributed by atoms with van der Waals surface area (Å²) in [6.45, 7) is 0. The number of carbonyl (C=O) groups is 1. The van der Waals surface area contributed by atoms with Gasteiger partial charge in [-0.25, -0.2) is 4.79 Å². The van der Waals surface area contributed by atoms with Gasteiger partial charge in [-0.2, -0.15) is 0 Å². The first-order chi connectivity index (χ1) is 6.98. The van der Waals surface area contributed by atoms with Crippen molar-refractivity contribution < 1.29 is 9.53 Å². The van der Waals surface area contributed by atoms with Crippen LogP contribution in [0.15, 0.2) is 24.3 Å². The highest BCUT2D eigenvalue weighted by Crippen LogP contribution is 2.36. The fourth-order valence-corrected chi connectivity index (χ4v) is 1.57. The summed E-state index contributed by atoms with van der Waals surface area (Å²) >= 11 is 16.9. The van der Waals surface area contributed by atoms with E-state index in [9.17, 15) is 4.79 Å². The van der Waals surface area contributed by atoms with E-state index in [2.05, 4.69) is 5.32 Å². The van der Waals surface area contributed by atoms with Gasteiger partial charge in [-0.15, -0.1) is 0 Å². The smallest absolute Gasteiger partial charge is 0.342 e. The quantitative estimate of drug-likeness (QED) is 0.579. The van der Waals surface area contributed by atoms with Crippen LogP contribution in [0, 0.1) is 0 Å². The van der Waals surface area contributed by atoms with E-state index in [0.29, 0.717) is 11.3 Å². The summed E-state index contributed by atoms with van der Waals surface area (Å²) in [5.41, 5.74) is 1.04.